The molecule has 1 aliphatic rings. The Morgan fingerprint density at radius 1 is 1.19 bits per heavy atom. The Hall–Kier alpha value is -2.38. The highest BCUT2D eigenvalue weighted by Crippen LogP contribution is 2.34. The predicted molar refractivity (Wildman–Crippen MR) is 126 cm³/mol. The van der Waals surface area contributed by atoms with Crippen LogP contribution >= 0.6 is 0 Å². The second-order valence-corrected chi connectivity index (χ2v) is 9.90. The van der Waals surface area contributed by atoms with Crippen molar-refractivity contribution in [3.8, 4) is 0 Å². The number of carbonyl (C=O) groups excluding carboxylic acids is 1. The van der Waals surface area contributed by atoms with E-state index in [9.17, 15) is 13.2 Å². The van der Waals surface area contributed by atoms with Gasteiger partial charge in [0.15, 0.2) is 0 Å². The zero-order chi connectivity index (χ0) is 22.6. The number of fused-ring (bicyclic) bond motifs is 1. The number of nitrogens with one attached hydrogen (secondary N) is 1. The van der Waals surface area contributed by atoms with E-state index in [0.717, 1.165) is 30.0 Å². The Bertz CT molecular complexity index is 1040. The predicted octanol–water partition coefficient (Wildman–Crippen LogP) is 3.88. The molecule has 31 heavy (non-hydrogen) atoms. The number of amides is 1. The largest absolute Gasteiger partial charge is 0.372 e. The molecule has 1 heterocycles. The van der Waals surface area contributed by atoms with Crippen LogP contribution < -0.4 is 14.5 Å². The van der Waals surface area contributed by atoms with Crippen molar-refractivity contribution < 1.29 is 13.2 Å². The molecule has 6 nitrogen and oxygen atoms in total. The molecule has 7 heteroatoms. The van der Waals surface area contributed by atoms with Crippen LogP contribution in [0.25, 0.3) is 0 Å². The number of benzene rings is 2. The van der Waals surface area contributed by atoms with Crippen LogP contribution in [0.5, 0.6) is 0 Å². The van der Waals surface area contributed by atoms with E-state index in [0.29, 0.717) is 25.8 Å². The molecule has 1 N–H and O–H groups in total. The fourth-order valence-corrected chi connectivity index (χ4v) is 5.30. The SMILES string of the molecule is CCC(=O)N1c2ccc(S(=O)(=O)NCCCN(CC)c3cccc(C)c3)cc2C[C@H]1C. The van der Waals surface area contributed by atoms with Crippen LogP contribution in [0.1, 0.15) is 44.7 Å². The van der Waals surface area contributed by atoms with E-state index in [4.69, 9.17) is 0 Å². The summed E-state index contributed by atoms with van der Waals surface area (Å²) < 4.78 is 28.3. The molecule has 0 bridgehead atoms. The molecule has 2 aromatic carbocycles. The van der Waals surface area contributed by atoms with Crippen molar-refractivity contribution in [1.29, 1.82) is 0 Å². The Kier molecular flexibility index (Phi) is 7.38. The average Bonchev–Trinajstić information content (AvgIpc) is 3.08. The van der Waals surface area contributed by atoms with Crippen molar-refractivity contribution in [2.45, 2.75) is 57.9 Å². The molecule has 0 aliphatic carbocycles. The molecule has 2 aromatic rings. The first-order valence-corrected chi connectivity index (χ1v) is 12.5. The Balaban J connectivity index is 1.61. The van der Waals surface area contributed by atoms with E-state index >= 15 is 0 Å². The molecular formula is C24H33N3O3S. The molecule has 168 valence electrons. The van der Waals surface area contributed by atoms with Gasteiger partial charge in [0.2, 0.25) is 15.9 Å². The normalized spacial score (nSPS) is 15.7. The van der Waals surface area contributed by atoms with Gasteiger partial charge in [-0.1, -0.05) is 19.1 Å². The summed E-state index contributed by atoms with van der Waals surface area (Å²) in [6.45, 7) is 10.0. The van der Waals surface area contributed by atoms with E-state index in [2.05, 4.69) is 41.7 Å². The lowest BCUT2D eigenvalue weighted by molar-refractivity contribution is -0.118. The number of anilines is 2. The lowest BCUT2D eigenvalue weighted by Crippen LogP contribution is -2.35. The van der Waals surface area contributed by atoms with Crippen LogP contribution in [0.3, 0.4) is 0 Å². The number of carbonyl (C=O) groups is 1. The molecule has 1 atom stereocenters. The highest BCUT2D eigenvalue weighted by molar-refractivity contribution is 7.89. The Morgan fingerprint density at radius 3 is 2.65 bits per heavy atom. The van der Waals surface area contributed by atoms with Gasteiger partial charge in [-0.2, -0.15) is 0 Å². The van der Waals surface area contributed by atoms with E-state index < -0.39 is 10.0 Å². The zero-order valence-corrected chi connectivity index (χ0v) is 19.7. The molecule has 0 saturated heterocycles. The second-order valence-electron chi connectivity index (χ2n) is 8.13. The summed E-state index contributed by atoms with van der Waals surface area (Å²) in [5.41, 5.74) is 4.11. The van der Waals surface area contributed by atoms with E-state index in [1.165, 1.54) is 5.56 Å². The van der Waals surface area contributed by atoms with Gasteiger partial charge in [0, 0.05) is 43.5 Å². The molecule has 3 rings (SSSR count). The van der Waals surface area contributed by atoms with Gasteiger partial charge in [-0.3, -0.25) is 4.79 Å². The number of aryl methyl sites for hydroxylation is 1. The van der Waals surface area contributed by atoms with Gasteiger partial charge in [0.1, 0.15) is 0 Å². The lowest BCUT2D eigenvalue weighted by Gasteiger charge is -2.23. The zero-order valence-electron chi connectivity index (χ0n) is 18.9. The van der Waals surface area contributed by atoms with Crippen LogP contribution in [-0.4, -0.2) is 40.0 Å². The summed E-state index contributed by atoms with van der Waals surface area (Å²) in [7, 11) is -3.59. The van der Waals surface area contributed by atoms with Gasteiger partial charge < -0.3 is 9.80 Å². The summed E-state index contributed by atoms with van der Waals surface area (Å²) in [6, 6.07) is 13.5. The van der Waals surface area contributed by atoms with Crippen molar-refractivity contribution in [3.05, 3.63) is 53.6 Å². The number of hydrogen-bond donors (Lipinski definition) is 1. The van der Waals surface area contributed by atoms with Crippen LogP contribution in [0.4, 0.5) is 11.4 Å². The van der Waals surface area contributed by atoms with Crippen LogP contribution in [0.15, 0.2) is 47.4 Å². The minimum atomic E-state index is -3.59. The van der Waals surface area contributed by atoms with Crippen molar-refractivity contribution in [3.63, 3.8) is 0 Å². The maximum Gasteiger partial charge on any atom is 0.240 e. The number of nitrogens with zero attached hydrogens (tertiary/aromatic N) is 2. The fourth-order valence-electron chi connectivity index (χ4n) is 4.18. The van der Waals surface area contributed by atoms with Crippen molar-refractivity contribution in [2.75, 3.05) is 29.4 Å². The van der Waals surface area contributed by atoms with Gasteiger partial charge in [0.25, 0.3) is 0 Å². The van der Waals surface area contributed by atoms with Crippen molar-refractivity contribution in [2.24, 2.45) is 0 Å². The minimum Gasteiger partial charge on any atom is -0.372 e. The minimum absolute atomic E-state index is 0.0509. The fraction of sp³-hybridized carbons (Fsp3) is 0.458. The number of rotatable bonds is 9. The van der Waals surface area contributed by atoms with Crippen LogP contribution in [-0.2, 0) is 21.2 Å². The molecule has 1 amide bonds. The molecule has 0 aromatic heterocycles. The summed E-state index contributed by atoms with van der Waals surface area (Å²) >= 11 is 0. The maximum atomic E-state index is 12.8. The highest BCUT2D eigenvalue weighted by Gasteiger charge is 2.31. The van der Waals surface area contributed by atoms with E-state index in [1.54, 1.807) is 23.1 Å². The summed E-state index contributed by atoms with van der Waals surface area (Å²) in [4.78, 5) is 16.5. The summed E-state index contributed by atoms with van der Waals surface area (Å²) in [6.07, 6.45) is 1.82. The van der Waals surface area contributed by atoms with Gasteiger partial charge in [-0.15, -0.1) is 0 Å². The van der Waals surface area contributed by atoms with Gasteiger partial charge in [0.05, 0.1) is 4.90 Å². The van der Waals surface area contributed by atoms with Gasteiger partial charge >= 0.3 is 0 Å². The molecule has 0 radical (unpaired) electrons. The average molecular weight is 444 g/mol. The molecule has 1 aliphatic heterocycles. The number of hydrogen-bond acceptors (Lipinski definition) is 4. The summed E-state index contributed by atoms with van der Waals surface area (Å²) in [5.74, 6) is 0.0640. The second kappa shape index (κ2) is 9.83. The van der Waals surface area contributed by atoms with E-state index in [1.807, 2.05) is 19.9 Å². The first-order chi connectivity index (χ1) is 14.8. The third-order valence-electron chi connectivity index (χ3n) is 5.79. The van der Waals surface area contributed by atoms with Crippen LogP contribution in [0, 0.1) is 6.92 Å². The molecule has 0 spiro atoms. The quantitative estimate of drug-likeness (QED) is 0.597. The van der Waals surface area contributed by atoms with Gasteiger partial charge in [-0.05, 0) is 75.1 Å². The van der Waals surface area contributed by atoms with Crippen LogP contribution in [0.2, 0.25) is 0 Å². The third-order valence-corrected chi connectivity index (χ3v) is 7.25. The Morgan fingerprint density at radius 2 is 1.97 bits per heavy atom. The van der Waals surface area contributed by atoms with Crippen molar-refractivity contribution in [1.82, 2.24) is 4.72 Å². The Labute approximate surface area is 186 Å². The monoisotopic (exact) mass is 443 g/mol. The van der Waals surface area contributed by atoms with Gasteiger partial charge in [-0.25, -0.2) is 13.1 Å². The highest BCUT2D eigenvalue weighted by atomic mass is 32.2. The maximum absolute atomic E-state index is 12.8. The number of sulfonamides is 1. The van der Waals surface area contributed by atoms with Crippen molar-refractivity contribution >= 4 is 27.3 Å². The third kappa shape index (κ3) is 5.28. The smallest absolute Gasteiger partial charge is 0.240 e. The first kappa shape index (κ1) is 23.3. The topological polar surface area (TPSA) is 69.7 Å². The molecule has 0 saturated carbocycles. The lowest BCUT2D eigenvalue weighted by atomic mass is 10.1. The first-order valence-electron chi connectivity index (χ1n) is 11.0. The standard InChI is InChI=1S/C24H33N3O3S/c1-5-24(28)27-19(4)16-20-17-22(11-12-23(20)27)31(29,30)25-13-8-14-26(6-2)21-10-7-9-18(3)15-21/h7,9-12,15,17,19,25H,5-6,8,13-14,16H2,1-4H3/t19-/m1/s1. The molecule has 0 fully saturated rings. The molecular weight excluding hydrogens is 410 g/mol. The summed E-state index contributed by atoms with van der Waals surface area (Å²) in [5, 5.41) is 0. The van der Waals surface area contributed by atoms with E-state index in [-0.39, 0.29) is 16.8 Å². The molecule has 0 unspecified atom stereocenters.